The van der Waals surface area contributed by atoms with Gasteiger partial charge in [0.15, 0.2) is 11.6 Å². The van der Waals surface area contributed by atoms with Gasteiger partial charge in [-0.15, -0.1) is 0 Å². The van der Waals surface area contributed by atoms with Gasteiger partial charge in [0, 0.05) is 18.3 Å². The van der Waals surface area contributed by atoms with Crippen molar-refractivity contribution >= 4 is 5.82 Å². The Bertz CT molecular complexity index is 462. The number of aromatic amines is 1. The number of rotatable bonds is 2. The molecule has 0 saturated carbocycles. The van der Waals surface area contributed by atoms with Crippen LogP contribution in [0.4, 0.5) is 5.82 Å². The molecule has 6 nitrogen and oxygen atoms in total. The van der Waals surface area contributed by atoms with Crippen molar-refractivity contribution in [3.05, 3.63) is 17.6 Å². The summed E-state index contributed by atoms with van der Waals surface area (Å²) in [6.45, 7) is 3.92. The monoisotopic (exact) mass is 204 g/mol. The zero-order valence-corrected chi connectivity index (χ0v) is 8.87. The van der Waals surface area contributed by atoms with Gasteiger partial charge in [-0.1, -0.05) is 0 Å². The number of nitrogens with one attached hydrogen (secondary N) is 2. The molecule has 0 saturated heterocycles. The van der Waals surface area contributed by atoms with Gasteiger partial charge in [0.05, 0.1) is 0 Å². The summed E-state index contributed by atoms with van der Waals surface area (Å²) in [5.74, 6) is 1.95. The molecule has 0 spiro atoms. The van der Waals surface area contributed by atoms with Crippen molar-refractivity contribution < 1.29 is 0 Å². The Kier molecular flexibility index (Phi) is 2.32. The zero-order valence-electron chi connectivity index (χ0n) is 8.87. The highest BCUT2D eigenvalue weighted by Gasteiger charge is 2.09. The molecule has 2 N–H and O–H groups in total. The van der Waals surface area contributed by atoms with Gasteiger partial charge in [0.1, 0.15) is 12.1 Å². The fourth-order valence-electron chi connectivity index (χ4n) is 1.29. The minimum Gasteiger partial charge on any atom is -0.373 e. The van der Waals surface area contributed by atoms with Crippen LogP contribution in [0.25, 0.3) is 11.6 Å². The maximum atomic E-state index is 4.34. The predicted octanol–water partition coefficient (Wildman–Crippen LogP) is 0.920. The summed E-state index contributed by atoms with van der Waals surface area (Å²) >= 11 is 0. The van der Waals surface area contributed by atoms with E-state index in [4.69, 9.17) is 0 Å². The maximum Gasteiger partial charge on any atom is 0.199 e. The predicted molar refractivity (Wildman–Crippen MR) is 56.4 cm³/mol. The number of hydrogen-bond donors (Lipinski definition) is 2. The molecule has 0 aromatic carbocycles. The molecule has 2 heterocycles. The number of anilines is 1. The van der Waals surface area contributed by atoms with Crippen molar-refractivity contribution in [1.82, 2.24) is 25.1 Å². The Morgan fingerprint density at radius 1 is 1.27 bits per heavy atom. The summed E-state index contributed by atoms with van der Waals surface area (Å²) in [6, 6.07) is 0. The second-order valence-electron chi connectivity index (χ2n) is 3.19. The molecule has 2 rings (SSSR count). The van der Waals surface area contributed by atoms with E-state index in [1.807, 2.05) is 20.9 Å². The molecule has 0 radical (unpaired) electrons. The Balaban J connectivity index is 2.55. The van der Waals surface area contributed by atoms with Crippen LogP contribution in [-0.2, 0) is 0 Å². The van der Waals surface area contributed by atoms with Crippen LogP contribution in [0.2, 0.25) is 0 Å². The van der Waals surface area contributed by atoms with E-state index >= 15 is 0 Å². The summed E-state index contributed by atoms with van der Waals surface area (Å²) < 4.78 is 0. The number of aromatic nitrogens is 5. The molecule has 0 atom stereocenters. The van der Waals surface area contributed by atoms with E-state index < -0.39 is 0 Å². The molecule has 2 aromatic rings. The fourth-order valence-corrected chi connectivity index (χ4v) is 1.29. The molecule has 0 aliphatic heterocycles. The standard InChI is InChI=1S/C9H12N6/c1-5-6(2)13-9(14-7(5)10-3)8-11-4-12-15-8/h4H,1-3H3,(H,10,13,14)(H,11,12,15). The van der Waals surface area contributed by atoms with Crippen molar-refractivity contribution in [3.63, 3.8) is 0 Å². The molecule has 15 heavy (non-hydrogen) atoms. The van der Waals surface area contributed by atoms with Crippen LogP contribution in [0.5, 0.6) is 0 Å². The van der Waals surface area contributed by atoms with Gasteiger partial charge >= 0.3 is 0 Å². The molecule has 0 aliphatic rings. The molecule has 2 aromatic heterocycles. The van der Waals surface area contributed by atoms with Crippen LogP contribution in [0.15, 0.2) is 6.33 Å². The van der Waals surface area contributed by atoms with Crippen molar-refractivity contribution in [1.29, 1.82) is 0 Å². The third kappa shape index (κ3) is 1.65. The Hall–Kier alpha value is -1.98. The lowest BCUT2D eigenvalue weighted by Crippen LogP contribution is -2.03. The van der Waals surface area contributed by atoms with Crippen LogP contribution >= 0.6 is 0 Å². The van der Waals surface area contributed by atoms with E-state index in [0.29, 0.717) is 11.6 Å². The second-order valence-corrected chi connectivity index (χ2v) is 3.19. The smallest absolute Gasteiger partial charge is 0.199 e. The average Bonchev–Trinajstić information content (AvgIpc) is 2.75. The van der Waals surface area contributed by atoms with Crippen molar-refractivity contribution in [2.24, 2.45) is 0 Å². The summed E-state index contributed by atoms with van der Waals surface area (Å²) in [6.07, 6.45) is 1.44. The molecular formula is C9H12N6. The average molecular weight is 204 g/mol. The lowest BCUT2D eigenvalue weighted by molar-refractivity contribution is 1.02. The third-order valence-electron chi connectivity index (χ3n) is 2.25. The fraction of sp³-hybridized carbons (Fsp3) is 0.333. The molecule has 0 fully saturated rings. The van der Waals surface area contributed by atoms with Gasteiger partial charge in [-0.3, -0.25) is 5.10 Å². The van der Waals surface area contributed by atoms with Gasteiger partial charge in [0.2, 0.25) is 0 Å². The van der Waals surface area contributed by atoms with Crippen LogP contribution in [0, 0.1) is 13.8 Å². The van der Waals surface area contributed by atoms with E-state index in [9.17, 15) is 0 Å². The van der Waals surface area contributed by atoms with Crippen molar-refractivity contribution in [2.75, 3.05) is 12.4 Å². The Morgan fingerprint density at radius 2 is 2.07 bits per heavy atom. The molecule has 0 bridgehead atoms. The SMILES string of the molecule is CNc1nc(-c2ncn[nH]2)nc(C)c1C. The van der Waals surface area contributed by atoms with Crippen LogP contribution < -0.4 is 5.32 Å². The summed E-state index contributed by atoms with van der Waals surface area (Å²) in [5.41, 5.74) is 1.97. The largest absolute Gasteiger partial charge is 0.373 e. The maximum absolute atomic E-state index is 4.34. The van der Waals surface area contributed by atoms with E-state index in [2.05, 4.69) is 30.5 Å². The van der Waals surface area contributed by atoms with Gasteiger partial charge in [-0.05, 0) is 13.8 Å². The van der Waals surface area contributed by atoms with Gasteiger partial charge in [-0.25, -0.2) is 15.0 Å². The molecule has 78 valence electrons. The first-order chi connectivity index (χ1) is 7.22. The highest BCUT2D eigenvalue weighted by Crippen LogP contribution is 2.17. The molecule has 0 unspecified atom stereocenters. The normalized spacial score (nSPS) is 10.3. The topological polar surface area (TPSA) is 79.4 Å². The van der Waals surface area contributed by atoms with E-state index in [1.165, 1.54) is 6.33 Å². The zero-order chi connectivity index (χ0) is 10.8. The van der Waals surface area contributed by atoms with E-state index in [-0.39, 0.29) is 0 Å². The Morgan fingerprint density at radius 3 is 2.67 bits per heavy atom. The Labute approximate surface area is 87.2 Å². The lowest BCUT2D eigenvalue weighted by atomic mass is 10.2. The van der Waals surface area contributed by atoms with Crippen LogP contribution in [-0.4, -0.2) is 32.2 Å². The minimum atomic E-state index is 0.556. The number of H-pyrrole nitrogens is 1. The molecule has 0 amide bonds. The first-order valence-electron chi connectivity index (χ1n) is 4.61. The van der Waals surface area contributed by atoms with E-state index in [1.54, 1.807) is 0 Å². The first kappa shape index (κ1) is 9.57. The summed E-state index contributed by atoms with van der Waals surface area (Å²) in [5, 5.41) is 9.53. The second kappa shape index (κ2) is 3.64. The highest BCUT2D eigenvalue weighted by molar-refractivity contribution is 5.52. The van der Waals surface area contributed by atoms with Gasteiger partial charge in [-0.2, -0.15) is 5.10 Å². The quantitative estimate of drug-likeness (QED) is 0.760. The molecule has 6 heteroatoms. The molecule has 0 aliphatic carbocycles. The van der Waals surface area contributed by atoms with Gasteiger partial charge in [0.25, 0.3) is 0 Å². The van der Waals surface area contributed by atoms with Crippen LogP contribution in [0.1, 0.15) is 11.3 Å². The molecular weight excluding hydrogens is 192 g/mol. The highest BCUT2D eigenvalue weighted by atomic mass is 15.2. The summed E-state index contributed by atoms with van der Waals surface area (Å²) in [4.78, 5) is 12.7. The lowest BCUT2D eigenvalue weighted by Gasteiger charge is -2.07. The van der Waals surface area contributed by atoms with Crippen LogP contribution in [0.3, 0.4) is 0 Å². The van der Waals surface area contributed by atoms with Gasteiger partial charge < -0.3 is 5.32 Å². The number of nitrogens with zero attached hydrogens (tertiary/aromatic N) is 4. The number of aryl methyl sites for hydroxylation is 1. The number of hydrogen-bond acceptors (Lipinski definition) is 5. The first-order valence-corrected chi connectivity index (χ1v) is 4.61. The van der Waals surface area contributed by atoms with Crippen molar-refractivity contribution in [2.45, 2.75) is 13.8 Å². The van der Waals surface area contributed by atoms with E-state index in [0.717, 1.165) is 17.1 Å². The van der Waals surface area contributed by atoms with Crippen molar-refractivity contribution in [3.8, 4) is 11.6 Å². The minimum absolute atomic E-state index is 0.556. The summed E-state index contributed by atoms with van der Waals surface area (Å²) in [7, 11) is 1.83. The third-order valence-corrected chi connectivity index (χ3v) is 2.25.